The van der Waals surface area contributed by atoms with E-state index in [2.05, 4.69) is 31.1 Å². The Morgan fingerprint density at radius 3 is 2.80 bits per heavy atom. The van der Waals surface area contributed by atoms with Gasteiger partial charge in [0.25, 0.3) is 5.56 Å². The highest BCUT2D eigenvalue weighted by atomic mass is 32.1. The van der Waals surface area contributed by atoms with Crippen LogP contribution in [0.2, 0.25) is 0 Å². The summed E-state index contributed by atoms with van der Waals surface area (Å²) in [5.41, 5.74) is 2.48. The van der Waals surface area contributed by atoms with Crippen molar-refractivity contribution in [1.29, 1.82) is 0 Å². The SMILES string of the molecule is CCCn1c(C)ccc(-c2csc(NC(C)C)n2)c1=O. The molecule has 0 aromatic carbocycles. The predicted octanol–water partition coefficient (Wildman–Crippen LogP) is 3.51. The summed E-state index contributed by atoms with van der Waals surface area (Å²) in [5.74, 6) is 0. The average molecular weight is 291 g/mol. The van der Waals surface area contributed by atoms with Crippen LogP contribution in [0.25, 0.3) is 11.3 Å². The van der Waals surface area contributed by atoms with Gasteiger partial charge in [0.1, 0.15) is 0 Å². The summed E-state index contributed by atoms with van der Waals surface area (Å²) in [4.78, 5) is 17.0. The van der Waals surface area contributed by atoms with E-state index in [1.165, 1.54) is 11.3 Å². The van der Waals surface area contributed by atoms with Gasteiger partial charge in [-0.05, 0) is 39.3 Å². The Labute approximate surface area is 123 Å². The molecule has 108 valence electrons. The fourth-order valence-electron chi connectivity index (χ4n) is 2.08. The first-order chi connectivity index (χ1) is 9.52. The fraction of sp³-hybridized carbons (Fsp3) is 0.467. The normalized spacial score (nSPS) is 11.1. The fourth-order valence-corrected chi connectivity index (χ4v) is 2.94. The monoisotopic (exact) mass is 291 g/mol. The smallest absolute Gasteiger partial charge is 0.260 e. The summed E-state index contributed by atoms with van der Waals surface area (Å²) in [6, 6.07) is 4.20. The van der Waals surface area contributed by atoms with Gasteiger partial charge in [0.05, 0.1) is 11.3 Å². The summed E-state index contributed by atoms with van der Waals surface area (Å²) in [6.45, 7) is 8.93. The van der Waals surface area contributed by atoms with Gasteiger partial charge in [0.2, 0.25) is 0 Å². The lowest BCUT2D eigenvalue weighted by Gasteiger charge is -2.09. The van der Waals surface area contributed by atoms with E-state index in [-0.39, 0.29) is 5.56 Å². The van der Waals surface area contributed by atoms with E-state index in [9.17, 15) is 4.79 Å². The molecule has 20 heavy (non-hydrogen) atoms. The molecule has 0 aliphatic heterocycles. The maximum atomic E-state index is 12.5. The molecule has 0 unspecified atom stereocenters. The second-order valence-electron chi connectivity index (χ2n) is 5.18. The lowest BCUT2D eigenvalue weighted by molar-refractivity contribution is 0.636. The summed E-state index contributed by atoms with van der Waals surface area (Å²) in [6.07, 6.45) is 0.946. The lowest BCUT2D eigenvalue weighted by atomic mass is 10.2. The Hall–Kier alpha value is -1.62. The molecule has 5 heteroatoms. The third-order valence-corrected chi connectivity index (χ3v) is 3.81. The summed E-state index contributed by atoms with van der Waals surface area (Å²) in [5, 5.41) is 6.06. The van der Waals surface area contributed by atoms with E-state index >= 15 is 0 Å². The standard InChI is InChI=1S/C15H21N3OS/c1-5-8-18-11(4)6-7-12(14(18)19)13-9-20-15(17-13)16-10(2)3/h6-7,9-10H,5,8H2,1-4H3,(H,16,17). The number of nitrogens with one attached hydrogen (secondary N) is 1. The number of nitrogens with zero attached hydrogens (tertiary/aromatic N) is 2. The highest BCUT2D eigenvalue weighted by Gasteiger charge is 2.11. The number of aryl methyl sites for hydroxylation is 1. The van der Waals surface area contributed by atoms with Crippen LogP contribution in [0.5, 0.6) is 0 Å². The molecular weight excluding hydrogens is 270 g/mol. The number of hydrogen-bond acceptors (Lipinski definition) is 4. The minimum absolute atomic E-state index is 0.0493. The first-order valence-corrected chi connectivity index (χ1v) is 7.83. The van der Waals surface area contributed by atoms with Crippen molar-refractivity contribution in [2.45, 2.75) is 46.7 Å². The average Bonchev–Trinajstić information content (AvgIpc) is 2.82. The molecule has 0 fully saturated rings. The lowest BCUT2D eigenvalue weighted by Crippen LogP contribution is -2.23. The minimum Gasteiger partial charge on any atom is -0.359 e. The number of thiazole rings is 1. The van der Waals surface area contributed by atoms with E-state index in [0.29, 0.717) is 11.6 Å². The van der Waals surface area contributed by atoms with Gasteiger partial charge in [-0.25, -0.2) is 4.98 Å². The molecule has 0 saturated carbocycles. The summed E-state index contributed by atoms with van der Waals surface area (Å²) < 4.78 is 1.82. The largest absolute Gasteiger partial charge is 0.359 e. The number of rotatable bonds is 5. The van der Waals surface area contributed by atoms with Crippen LogP contribution < -0.4 is 10.9 Å². The Morgan fingerprint density at radius 2 is 2.15 bits per heavy atom. The molecule has 0 bridgehead atoms. The maximum Gasteiger partial charge on any atom is 0.260 e. The maximum absolute atomic E-state index is 12.5. The Morgan fingerprint density at radius 1 is 1.40 bits per heavy atom. The van der Waals surface area contributed by atoms with Crippen LogP contribution in [0.1, 0.15) is 32.9 Å². The van der Waals surface area contributed by atoms with E-state index in [1.54, 1.807) is 0 Å². The van der Waals surface area contributed by atoms with Crippen molar-refractivity contribution in [3.05, 3.63) is 33.6 Å². The molecule has 2 heterocycles. The first kappa shape index (κ1) is 14.8. The first-order valence-electron chi connectivity index (χ1n) is 6.95. The Kier molecular flexibility index (Phi) is 4.60. The van der Waals surface area contributed by atoms with Gasteiger partial charge in [-0.15, -0.1) is 11.3 Å². The van der Waals surface area contributed by atoms with Crippen molar-refractivity contribution in [1.82, 2.24) is 9.55 Å². The van der Waals surface area contributed by atoms with E-state index in [0.717, 1.165) is 29.5 Å². The van der Waals surface area contributed by atoms with E-state index in [4.69, 9.17) is 0 Å². The number of anilines is 1. The quantitative estimate of drug-likeness (QED) is 0.917. The van der Waals surface area contributed by atoms with Crippen LogP contribution in [0.15, 0.2) is 22.3 Å². The van der Waals surface area contributed by atoms with Gasteiger partial charge in [-0.2, -0.15) is 0 Å². The molecule has 1 N–H and O–H groups in total. The molecule has 0 atom stereocenters. The van der Waals surface area contributed by atoms with Crippen molar-refractivity contribution in [3.63, 3.8) is 0 Å². The van der Waals surface area contributed by atoms with Crippen molar-refractivity contribution in [3.8, 4) is 11.3 Å². The zero-order valence-electron chi connectivity index (χ0n) is 12.4. The zero-order valence-corrected chi connectivity index (χ0v) is 13.3. The molecule has 4 nitrogen and oxygen atoms in total. The van der Waals surface area contributed by atoms with Gasteiger partial charge in [0.15, 0.2) is 5.13 Å². The van der Waals surface area contributed by atoms with Crippen LogP contribution in [0, 0.1) is 6.92 Å². The van der Waals surface area contributed by atoms with Gasteiger partial charge in [0, 0.05) is 23.7 Å². The predicted molar refractivity (Wildman–Crippen MR) is 85.6 cm³/mol. The minimum atomic E-state index is 0.0493. The topological polar surface area (TPSA) is 46.9 Å². The van der Waals surface area contributed by atoms with Gasteiger partial charge < -0.3 is 9.88 Å². The highest BCUT2D eigenvalue weighted by Crippen LogP contribution is 2.23. The molecule has 0 amide bonds. The molecule has 0 aliphatic carbocycles. The molecular formula is C15H21N3OS. The Balaban J connectivity index is 2.40. The second kappa shape index (κ2) is 6.22. The summed E-state index contributed by atoms with van der Waals surface area (Å²) >= 11 is 1.53. The second-order valence-corrected chi connectivity index (χ2v) is 6.04. The zero-order chi connectivity index (χ0) is 14.7. The molecule has 0 aliphatic rings. The van der Waals surface area contributed by atoms with E-state index in [1.807, 2.05) is 29.0 Å². The van der Waals surface area contributed by atoms with E-state index < -0.39 is 0 Å². The molecule has 2 aromatic heterocycles. The molecule has 0 radical (unpaired) electrons. The molecule has 0 spiro atoms. The van der Waals surface area contributed by atoms with Crippen molar-refractivity contribution >= 4 is 16.5 Å². The van der Waals surface area contributed by atoms with Crippen molar-refractivity contribution in [2.24, 2.45) is 0 Å². The number of pyridine rings is 1. The summed E-state index contributed by atoms with van der Waals surface area (Å²) in [7, 11) is 0. The van der Waals surface area contributed by atoms with Gasteiger partial charge in [-0.3, -0.25) is 4.79 Å². The molecule has 2 aromatic rings. The van der Waals surface area contributed by atoms with Gasteiger partial charge >= 0.3 is 0 Å². The van der Waals surface area contributed by atoms with Crippen LogP contribution in [0.3, 0.4) is 0 Å². The number of aromatic nitrogens is 2. The Bertz CT molecular complexity index is 643. The third kappa shape index (κ3) is 3.10. The van der Waals surface area contributed by atoms with Crippen LogP contribution in [-0.4, -0.2) is 15.6 Å². The van der Waals surface area contributed by atoms with Gasteiger partial charge in [-0.1, -0.05) is 6.92 Å². The molecule has 0 saturated heterocycles. The van der Waals surface area contributed by atoms with Crippen LogP contribution >= 0.6 is 11.3 Å². The highest BCUT2D eigenvalue weighted by molar-refractivity contribution is 7.14. The molecule has 2 rings (SSSR count). The van der Waals surface area contributed by atoms with Crippen LogP contribution in [-0.2, 0) is 6.54 Å². The third-order valence-electron chi connectivity index (χ3n) is 3.03. The van der Waals surface area contributed by atoms with Crippen molar-refractivity contribution in [2.75, 3.05) is 5.32 Å². The number of hydrogen-bond donors (Lipinski definition) is 1. The van der Waals surface area contributed by atoms with Crippen LogP contribution in [0.4, 0.5) is 5.13 Å². The van der Waals surface area contributed by atoms with Crippen molar-refractivity contribution < 1.29 is 0 Å².